The van der Waals surface area contributed by atoms with Gasteiger partial charge in [-0.1, -0.05) is 42.5 Å². The molecule has 1 N–H and O–H groups in total. The number of hydrogen-bond acceptors (Lipinski definition) is 2. The van der Waals surface area contributed by atoms with Crippen molar-refractivity contribution in [1.29, 1.82) is 0 Å². The first-order valence-electron chi connectivity index (χ1n) is 6.10. The minimum Gasteiger partial charge on any atom is -0.325 e. The fourth-order valence-corrected chi connectivity index (χ4v) is 1.87. The van der Waals surface area contributed by atoms with Crippen molar-refractivity contribution in [1.82, 2.24) is 0 Å². The van der Waals surface area contributed by atoms with Crippen molar-refractivity contribution in [3.05, 3.63) is 65.7 Å². The van der Waals surface area contributed by atoms with Crippen LogP contribution in [0.4, 0.5) is 5.69 Å². The van der Waals surface area contributed by atoms with Crippen LogP contribution in [0.5, 0.6) is 0 Å². The van der Waals surface area contributed by atoms with Gasteiger partial charge in [0.25, 0.3) is 0 Å². The van der Waals surface area contributed by atoms with Crippen LogP contribution in [0.2, 0.25) is 0 Å². The van der Waals surface area contributed by atoms with Crippen LogP contribution in [0.1, 0.15) is 22.8 Å². The molecule has 0 saturated heterocycles. The first kappa shape index (κ1) is 13.0. The number of carbonyl (C=O) groups is 2. The van der Waals surface area contributed by atoms with Crippen molar-refractivity contribution in [2.75, 3.05) is 5.32 Å². The molecule has 0 saturated carbocycles. The summed E-state index contributed by atoms with van der Waals surface area (Å²) >= 11 is 0. The second-order valence-electron chi connectivity index (χ2n) is 4.31. The van der Waals surface area contributed by atoms with E-state index in [0.29, 0.717) is 17.7 Å². The molecule has 2 aromatic carbocycles. The highest BCUT2D eigenvalue weighted by atomic mass is 16.1. The summed E-state index contributed by atoms with van der Waals surface area (Å²) in [4.78, 5) is 23.4. The maximum absolute atomic E-state index is 11.9. The molecule has 0 radical (unpaired) electrons. The molecule has 2 aromatic rings. The SMILES string of the molecule is CC(=O)c1ccccc1NC(=O)Cc1ccccc1. The third kappa shape index (κ3) is 3.52. The van der Waals surface area contributed by atoms with Crippen LogP contribution in [-0.2, 0) is 11.2 Å². The van der Waals surface area contributed by atoms with Crippen molar-refractivity contribution < 1.29 is 9.59 Å². The first-order valence-corrected chi connectivity index (χ1v) is 6.10. The van der Waals surface area contributed by atoms with Gasteiger partial charge in [-0.15, -0.1) is 0 Å². The predicted molar refractivity (Wildman–Crippen MR) is 75.2 cm³/mol. The minimum absolute atomic E-state index is 0.0596. The lowest BCUT2D eigenvalue weighted by atomic mass is 10.1. The molecule has 0 aliphatic carbocycles. The number of para-hydroxylation sites is 1. The summed E-state index contributed by atoms with van der Waals surface area (Å²) in [5.41, 5.74) is 2.04. The first-order chi connectivity index (χ1) is 9.16. The average Bonchev–Trinajstić information content (AvgIpc) is 2.40. The lowest BCUT2D eigenvalue weighted by molar-refractivity contribution is -0.115. The van der Waals surface area contributed by atoms with E-state index in [1.165, 1.54) is 6.92 Å². The normalized spacial score (nSPS) is 9.95. The fraction of sp³-hybridized carbons (Fsp3) is 0.125. The molecular weight excluding hydrogens is 238 g/mol. The maximum atomic E-state index is 11.9. The summed E-state index contributed by atoms with van der Waals surface area (Å²) in [6.07, 6.45) is 0.299. The fourth-order valence-electron chi connectivity index (χ4n) is 1.87. The van der Waals surface area contributed by atoms with Crippen molar-refractivity contribution in [3.8, 4) is 0 Å². The van der Waals surface area contributed by atoms with E-state index in [9.17, 15) is 9.59 Å². The molecule has 0 aliphatic rings. The zero-order valence-corrected chi connectivity index (χ0v) is 10.7. The Bertz CT molecular complexity index is 591. The minimum atomic E-state index is -0.125. The Kier molecular flexibility index (Phi) is 4.08. The lowest BCUT2D eigenvalue weighted by Gasteiger charge is -2.08. The highest BCUT2D eigenvalue weighted by Crippen LogP contribution is 2.16. The van der Waals surface area contributed by atoms with Crippen LogP contribution in [0.3, 0.4) is 0 Å². The molecule has 0 bridgehead atoms. The Balaban J connectivity index is 2.09. The van der Waals surface area contributed by atoms with E-state index >= 15 is 0 Å². The van der Waals surface area contributed by atoms with Gasteiger partial charge < -0.3 is 5.32 Å². The van der Waals surface area contributed by atoms with Crippen LogP contribution >= 0.6 is 0 Å². The molecule has 0 fully saturated rings. The number of nitrogens with one attached hydrogen (secondary N) is 1. The summed E-state index contributed by atoms with van der Waals surface area (Å²) < 4.78 is 0. The van der Waals surface area contributed by atoms with Gasteiger partial charge in [-0.3, -0.25) is 9.59 Å². The van der Waals surface area contributed by atoms with Crippen LogP contribution in [0, 0.1) is 0 Å². The zero-order valence-electron chi connectivity index (χ0n) is 10.7. The topological polar surface area (TPSA) is 46.2 Å². The van der Waals surface area contributed by atoms with Gasteiger partial charge >= 0.3 is 0 Å². The third-order valence-corrected chi connectivity index (χ3v) is 2.79. The standard InChI is InChI=1S/C16H15NO2/c1-12(18)14-9-5-6-10-15(14)17-16(19)11-13-7-3-2-4-8-13/h2-10H,11H2,1H3,(H,17,19). The smallest absolute Gasteiger partial charge is 0.228 e. The predicted octanol–water partition coefficient (Wildman–Crippen LogP) is 3.07. The van der Waals surface area contributed by atoms with E-state index in [-0.39, 0.29) is 11.7 Å². The summed E-state index contributed by atoms with van der Waals surface area (Å²) in [5.74, 6) is -0.185. The molecule has 3 nitrogen and oxygen atoms in total. The summed E-state index contributed by atoms with van der Waals surface area (Å²) in [6, 6.07) is 16.5. The Hall–Kier alpha value is -2.42. The van der Waals surface area contributed by atoms with Gasteiger partial charge in [0.1, 0.15) is 0 Å². The number of carbonyl (C=O) groups excluding carboxylic acids is 2. The highest BCUT2D eigenvalue weighted by molar-refractivity contribution is 6.03. The van der Waals surface area contributed by atoms with Crippen LogP contribution in [0.15, 0.2) is 54.6 Å². The Morgan fingerprint density at radius 2 is 1.58 bits per heavy atom. The number of hydrogen-bond donors (Lipinski definition) is 1. The van der Waals surface area contributed by atoms with Crippen LogP contribution in [-0.4, -0.2) is 11.7 Å². The van der Waals surface area contributed by atoms with Crippen molar-refractivity contribution in [3.63, 3.8) is 0 Å². The van der Waals surface area contributed by atoms with Gasteiger partial charge in [0, 0.05) is 5.56 Å². The van der Waals surface area contributed by atoms with Crippen molar-refractivity contribution in [2.45, 2.75) is 13.3 Å². The summed E-state index contributed by atoms with van der Waals surface area (Å²) in [7, 11) is 0. The Morgan fingerprint density at radius 3 is 2.26 bits per heavy atom. The van der Waals surface area contributed by atoms with E-state index in [4.69, 9.17) is 0 Å². The average molecular weight is 253 g/mol. The number of anilines is 1. The molecule has 2 rings (SSSR count). The number of rotatable bonds is 4. The zero-order chi connectivity index (χ0) is 13.7. The van der Waals surface area contributed by atoms with E-state index in [1.54, 1.807) is 24.3 Å². The lowest BCUT2D eigenvalue weighted by Crippen LogP contribution is -2.16. The maximum Gasteiger partial charge on any atom is 0.228 e. The van der Waals surface area contributed by atoms with Crippen molar-refractivity contribution in [2.24, 2.45) is 0 Å². The monoisotopic (exact) mass is 253 g/mol. The van der Waals surface area contributed by atoms with Crippen molar-refractivity contribution >= 4 is 17.4 Å². The third-order valence-electron chi connectivity index (χ3n) is 2.79. The quantitative estimate of drug-likeness (QED) is 0.851. The van der Waals surface area contributed by atoms with Gasteiger partial charge in [-0.05, 0) is 24.6 Å². The van der Waals surface area contributed by atoms with Gasteiger partial charge in [-0.25, -0.2) is 0 Å². The van der Waals surface area contributed by atoms with Gasteiger partial charge in [-0.2, -0.15) is 0 Å². The molecule has 0 aromatic heterocycles. The van der Waals surface area contributed by atoms with E-state index < -0.39 is 0 Å². The number of Topliss-reactive ketones (excluding diaryl/α,β-unsaturated/α-hetero) is 1. The van der Waals surface area contributed by atoms with Gasteiger partial charge in [0.15, 0.2) is 5.78 Å². The second-order valence-corrected chi connectivity index (χ2v) is 4.31. The van der Waals surface area contributed by atoms with Crippen LogP contribution < -0.4 is 5.32 Å². The molecular formula is C16H15NO2. The molecule has 0 unspecified atom stereocenters. The van der Waals surface area contributed by atoms with E-state index in [0.717, 1.165) is 5.56 Å². The van der Waals surface area contributed by atoms with E-state index in [2.05, 4.69) is 5.32 Å². The molecule has 0 heterocycles. The van der Waals surface area contributed by atoms with Crippen LogP contribution in [0.25, 0.3) is 0 Å². The number of benzene rings is 2. The summed E-state index contributed by atoms with van der Waals surface area (Å²) in [5, 5.41) is 2.78. The molecule has 96 valence electrons. The number of amides is 1. The molecule has 0 atom stereocenters. The molecule has 1 amide bonds. The van der Waals surface area contributed by atoms with Gasteiger partial charge in [0.2, 0.25) is 5.91 Å². The molecule has 19 heavy (non-hydrogen) atoms. The highest BCUT2D eigenvalue weighted by Gasteiger charge is 2.09. The Labute approximate surface area is 112 Å². The summed E-state index contributed by atoms with van der Waals surface area (Å²) in [6.45, 7) is 1.49. The molecule has 3 heteroatoms. The second kappa shape index (κ2) is 5.96. The van der Waals surface area contributed by atoms with Gasteiger partial charge in [0.05, 0.1) is 12.1 Å². The molecule has 0 spiro atoms. The molecule has 0 aliphatic heterocycles. The van der Waals surface area contributed by atoms with E-state index in [1.807, 2.05) is 30.3 Å². The largest absolute Gasteiger partial charge is 0.325 e. The number of ketones is 1. The Morgan fingerprint density at radius 1 is 0.947 bits per heavy atom.